The number of pyridine rings is 1. The van der Waals surface area contributed by atoms with Crippen LogP contribution in [0.15, 0.2) is 34.5 Å². The molecule has 6 heteroatoms. The highest BCUT2D eigenvalue weighted by molar-refractivity contribution is 7.98. The highest BCUT2D eigenvalue weighted by Gasteiger charge is 2.03. The normalized spacial score (nSPS) is 10.5. The Labute approximate surface area is 107 Å². The first-order valence-corrected chi connectivity index (χ1v) is 6.30. The number of rotatable bonds is 3. The number of thioether (sulfide) groups is 1. The van der Waals surface area contributed by atoms with Gasteiger partial charge in [-0.15, -0.1) is 0 Å². The van der Waals surface area contributed by atoms with Crippen molar-refractivity contribution in [3.05, 3.63) is 51.2 Å². The second kappa shape index (κ2) is 5.33. The molecule has 2 rings (SSSR count). The maximum absolute atomic E-state index is 11.2. The van der Waals surface area contributed by atoms with Crippen molar-refractivity contribution < 1.29 is 0 Å². The van der Waals surface area contributed by atoms with Gasteiger partial charge in [-0.1, -0.05) is 23.4 Å². The number of nitrogens with one attached hydrogen (secondary N) is 1. The molecule has 0 aliphatic heterocycles. The summed E-state index contributed by atoms with van der Waals surface area (Å²) in [5.74, 6) is 0.647. The third-order valence-corrected chi connectivity index (χ3v) is 3.33. The van der Waals surface area contributed by atoms with E-state index in [1.54, 1.807) is 19.3 Å². The van der Waals surface area contributed by atoms with Crippen molar-refractivity contribution in [3.63, 3.8) is 0 Å². The van der Waals surface area contributed by atoms with Crippen LogP contribution in [0, 0.1) is 6.92 Å². The fraction of sp³-hybridized carbons (Fsp3) is 0.182. The fourth-order valence-corrected chi connectivity index (χ4v) is 2.48. The quantitative estimate of drug-likeness (QED) is 0.685. The summed E-state index contributed by atoms with van der Waals surface area (Å²) in [6, 6.07) is 3.31. The van der Waals surface area contributed by atoms with Crippen molar-refractivity contribution in [2.24, 2.45) is 0 Å². The molecule has 0 saturated carbocycles. The minimum absolute atomic E-state index is 0.138. The van der Waals surface area contributed by atoms with Crippen LogP contribution in [0.4, 0.5) is 0 Å². The number of nitrogens with zero attached hydrogens (tertiary/aromatic N) is 2. The topological polar surface area (TPSA) is 58.6 Å². The molecular weight excluding hydrogens is 258 g/mol. The highest BCUT2D eigenvalue weighted by atomic mass is 35.5. The first-order valence-electron chi connectivity index (χ1n) is 4.94. The SMILES string of the molecule is Cc1cc(=O)[nH]c(SCc2ccncc2Cl)n1. The third kappa shape index (κ3) is 3.31. The number of aromatic amines is 1. The number of H-pyrrole nitrogens is 1. The molecular formula is C11H10ClN3OS. The lowest BCUT2D eigenvalue weighted by atomic mass is 10.3. The van der Waals surface area contributed by atoms with E-state index in [0.29, 0.717) is 21.6 Å². The molecule has 0 bridgehead atoms. The Morgan fingerprint density at radius 3 is 3.06 bits per heavy atom. The second-order valence-corrected chi connectivity index (χ2v) is 4.82. The molecule has 0 amide bonds. The lowest BCUT2D eigenvalue weighted by Gasteiger charge is -2.03. The predicted molar refractivity (Wildman–Crippen MR) is 68.4 cm³/mol. The Hall–Kier alpha value is -1.33. The molecule has 88 valence electrons. The van der Waals surface area contributed by atoms with Crippen molar-refractivity contribution in [2.75, 3.05) is 0 Å². The predicted octanol–water partition coefficient (Wildman–Crippen LogP) is 2.42. The van der Waals surface area contributed by atoms with Crippen LogP contribution >= 0.6 is 23.4 Å². The summed E-state index contributed by atoms with van der Waals surface area (Å²) in [6.07, 6.45) is 3.29. The molecule has 17 heavy (non-hydrogen) atoms. The third-order valence-electron chi connectivity index (χ3n) is 2.07. The molecule has 0 saturated heterocycles. The van der Waals surface area contributed by atoms with Crippen molar-refractivity contribution in [1.29, 1.82) is 0 Å². The van der Waals surface area contributed by atoms with E-state index in [-0.39, 0.29) is 5.56 Å². The molecule has 2 aromatic heterocycles. The molecule has 0 atom stereocenters. The molecule has 0 unspecified atom stereocenters. The van der Waals surface area contributed by atoms with Gasteiger partial charge in [-0.3, -0.25) is 9.78 Å². The van der Waals surface area contributed by atoms with Gasteiger partial charge in [0.25, 0.3) is 5.56 Å². The Morgan fingerprint density at radius 1 is 1.53 bits per heavy atom. The Bertz CT molecular complexity index is 585. The average Bonchev–Trinajstić information content (AvgIpc) is 2.27. The van der Waals surface area contributed by atoms with Crippen LogP contribution in [0.3, 0.4) is 0 Å². The van der Waals surface area contributed by atoms with E-state index in [4.69, 9.17) is 11.6 Å². The summed E-state index contributed by atoms with van der Waals surface area (Å²) in [5, 5.41) is 1.22. The number of aryl methyl sites for hydroxylation is 1. The maximum Gasteiger partial charge on any atom is 0.251 e. The summed E-state index contributed by atoms with van der Waals surface area (Å²) in [5.41, 5.74) is 1.54. The summed E-state index contributed by atoms with van der Waals surface area (Å²) in [4.78, 5) is 22.1. The zero-order valence-corrected chi connectivity index (χ0v) is 10.7. The molecule has 2 heterocycles. The average molecular weight is 268 g/mol. The standard InChI is InChI=1S/C11H10ClN3OS/c1-7-4-10(16)15-11(14-7)17-6-8-2-3-13-5-9(8)12/h2-5H,6H2,1H3,(H,14,15,16). The monoisotopic (exact) mass is 267 g/mol. The van der Waals surface area contributed by atoms with E-state index in [2.05, 4.69) is 15.0 Å². The summed E-state index contributed by atoms with van der Waals surface area (Å²) < 4.78 is 0. The van der Waals surface area contributed by atoms with Crippen molar-refractivity contribution in [3.8, 4) is 0 Å². The van der Waals surface area contributed by atoms with Crippen LogP contribution in [0.2, 0.25) is 5.02 Å². The van der Waals surface area contributed by atoms with Crippen LogP contribution in [-0.2, 0) is 5.75 Å². The Balaban J connectivity index is 2.13. The van der Waals surface area contributed by atoms with Crippen LogP contribution in [-0.4, -0.2) is 15.0 Å². The molecule has 0 fully saturated rings. The summed E-state index contributed by atoms with van der Waals surface area (Å²) in [6.45, 7) is 1.79. The van der Waals surface area contributed by atoms with Gasteiger partial charge in [-0.05, 0) is 18.6 Å². The van der Waals surface area contributed by atoms with Gasteiger partial charge in [-0.2, -0.15) is 0 Å². The number of halogens is 1. The highest BCUT2D eigenvalue weighted by Crippen LogP contribution is 2.23. The fourth-order valence-electron chi connectivity index (χ4n) is 1.29. The van der Waals surface area contributed by atoms with Crippen molar-refractivity contribution >= 4 is 23.4 Å². The number of hydrogen-bond acceptors (Lipinski definition) is 4. The van der Waals surface area contributed by atoms with Gasteiger partial charge in [-0.25, -0.2) is 4.98 Å². The maximum atomic E-state index is 11.2. The molecule has 2 aromatic rings. The lowest BCUT2D eigenvalue weighted by Crippen LogP contribution is -2.08. The first-order chi connectivity index (χ1) is 8.15. The van der Waals surface area contributed by atoms with E-state index in [1.807, 2.05) is 6.07 Å². The zero-order valence-electron chi connectivity index (χ0n) is 9.11. The largest absolute Gasteiger partial charge is 0.301 e. The number of hydrogen-bond donors (Lipinski definition) is 1. The van der Waals surface area contributed by atoms with Gasteiger partial charge >= 0.3 is 0 Å². The molecule has 0 aliphatic rings. The van der Waals surface area contributed by atoms with Gasteiger partial charge in [0.05, 0.1) is 5.02 Å². The Kier molecular flexibility index (Phi) is 3.81. The van der Waals surface area contributed by atoms with Gasteiger partial charge in [0.1, 0.15) is 0 Å². The molecule has 4 nitrogen and oxygen atoms in total. The van der Waals surface area contributed by atoms with E-state index in [0.717, 1.165) is 5.56 Å². The summed E-state index contributed by atoms with van der Waals surface area (Å²) >= 11 is 7.42. The Morgan fingerprint density at radius 2 is 2.35 bits per heavy atom. The van der Waals surface area contributed by atoms with Gasteiger partial charge in [0.15, 0.2) is 5.16 Å². The zero-order chi connectivity index (χ0) is 12.3. The van der Waals surface area contributed by atoms with E-state index >= 15 is 0 Å². The van der Waals surface area contributed by atoms with Crippen LogP contribution in [0.1, 0.15) is 11.3 Å². The minimum Gasteiger partial charge on any atom is -0.301 e. The van der Waals surface area contributed by atoms with Crippen LogP contribution in [0.5, 0.6) is 0 Å². The van der Waals surface area contributed by atoms with E-state index < -0.39 is 0 Å². The van der Waals surface area contributed by atoms with Crippen molar-refractivity contribution in [1.82, 2.24) is 15.0 Å². The first kappa shape index (κ1) is 12.1. The lowest BCUT2D eigenvalue weighted by molar-refractivity contribution is 0.905. The van der Waals surface area contributed by atoms with Gasteiger partial charge < -0.3 is 4.98 Å². The smallest absolute Gasteiger partial charge is 0.251 e. The molecule has 0 spiro atoms. The minimum atomic E-state index is -0.138. The van der Waals surface area contributed by atoms with Gasteiger partial charge in [0, 0.05) is 29.9 Å². The van der Waals surface area contributed by atoms with Crippen molar-refractivity contribution in [2.45, 2.75) is 17.8 Å². The van der Waals surface area contributed by atoms with E-state index in [1.165, 1.54) is 17.8 Å². The molecule has 0 aromatic carbocycles. The van der Waals surface area contributed by atoms with Crippen LogP contribution < -0.4 is 5.56 Å². The molecule has 1 N–H and O–H groups in total. The second-order valence-electron chi connectivity index (χ2n) is 3.45. The number of aromatic nitrogens is 3. The van der Waals surface area contributed by atoms with Crippen LogP contribution in [0.25, 0.3) is 0 Å². The molecule has 0 radical (unpaired) electrons. The summed E-state index contributed by atoms with van der Waals surface area (Å²) in [7, 11) is 0. The molecule has 0 aliphatic carbocycles. The van der Waals surface area contributed by atoms with E-state index in [9.17, 15) is 4.79 Å². The van der Waals surface area contributed by atoms with Gasteiger partial charge in [0.2, 0.25) is 0 Å².